The summed E-state index contributed by atoms with van der Waals surface area (Å²) in [6.07, 6.45) is 3.96. The number of aliphatic imine (C=N–C) groups is 1. The fourth-order valence-corrected chi connectivity index (χ4v) is 3.47. The molecule has 1 fully saturated rings. The fraction of sp³-hybridized carbons (Fsp3) is 0.333. The van der Waals surface area contributed by atoms with Crippen molar-refractivity contribution in [3.8, 4) is 0 Å². The number of nitrogens with one attached hydrogen (secondary N) is 2. The van der Waals surface area contributed by atoms with Crippen LogP contribution in [-0.2, 0) is 19.8 Å². The number of nitrogens with zero attached hydrogens (tertiary/aromatic N) is 2. The van der Waals surface area contributed by atoms with E-state index in [0.29, 0.717) is 4.49 Å². The zero-order valence-corrected chi connectivity index (χ0v) is 19.0. The van der Waals surface area contributed by atoms with Gasteiger partial charge in [0.05, 0.1) is 13.2 Å². The third kappa shape index (κ3) is 7.88. The zero-order chi connectivity index (χ0) is 22.8. The Labute approximate surface area is 196 Å². The number of hydrogen-bond donors (Lipinski definition) is 4. The standard InChI is InChI=1S/C24H30N4O3.Ni/c1-19(29)17-24(30)27-22-6-4-20(5-7-22)3-2-12-25-18-26-21-8-10-23(11-9-21)28-13-15-31-16-14-28;/h2,4-12,18-19,24,27,29-30H,13-17H2,1H3,(H,25,26);/b12-2-;/t19-,24?;/m1./s1. The van der Waals surface area contributed by atoms with Crippen molar-refractivity contribution in [2.75, 3.05) is 41.8 Å². The van der Waals surface area contributed by atoms with Gasteiger partial charge < -0.3 is 4.74 Å². The van der Waals surface area contributed by atoms with E-state index in [1.165, 1.54) is 5.69 Å². The first-order valence-electron chi connectivity index (χ1n) is 10.6. The van der Waals surface area contributed by atoms with Crippen LogP contribution in [0.25, 0.3) is 0 Å². The van der Waals surface area contributed by atoms with E-state index in [4.69, 9.17) is 19.8 Å². The van der Waals surface area contributed by atoms with E-state index in [9.17, 15) is 10.2 Å². The molecule has 2 aromatic carbocycles. The molecule has 1 aliphatic heterocycles. The molecule has 2 aromatic rings. The second kappa shape index (κ2) is 12.5. The van der Waals surface area contributed by atoms with Crippen molar-refractivity contribution in [2.24, 2.45) is 4.99 Å². The van der Waals surface area contributed by atoms with Gasteiger partial charge in [-0.1, -0.05) is 0 Å². The van der Waals surface area contributed by atoms with Gasteiger partial charge in [0.25, 0.3) is 0 Å². The summed E-state index contributed by atoms with van der Waals surface area (Å²) in [6.45, 7) is 5.03. The average Bonchev–Trinajstić information content (AvgIpc) is 2.79. The molecule has 1 aliphatic rings. The number of benzene rings is 2. The zero-order valence-electron chi connectivity index (χ0n) is 18.1. The molecule has 0 saturated carbocycles. The van der Waals surface area contributed by atoms with Crippen molar-refractivity contribution < 1.29 is 30.0 Å². The van der Waals surface area contributed by atoms with Crippen LogP contribution in [0.4, 0.5) is 17.1 Å². The molecule has 32 heavy (non-hydrogen) atoms. The second-order valence-corrected chi connectivity index (χ2v) is 8.05. The van der Waals surface area contributed by atoms with Crippen LogP contribution in [0.5, 0.6) is 0 Å². The van der Waals surface area contributed by atoms with Crippen LogP contribution in [0.1, 0.15) is 18.9 Å². The molecular weight excluding hydrogens is 451 g/mol. The quantitative estimate of drug-likeness (QED) is 0.181. The summed E-state index contributed by atoms with van der Waals surface area (Å²) in [4.78, 5) is 6.55. The molecule has 1 saturated heterocycles. The molecule has 3 rings (SSSR count). The number of anilines is 3. The van der Waals surface area contributed by atoms with Gasteiger partial charge in [-0.3, -0.25) is 0 Å². The maximum atomic E-state index is 9.84. The molecular formula is C24H30N4NiO3. The van der Waals surface area contributed by atoms with Gasteiger partial charge in [0.15, 0.2) is 0 Å². The number of aliphatic hydroxyl groups excluding tert-OH is 2. The summed E-state index contributed by atoms with van der Waals surface area (Å²) in [5.41, 5.74) is 3.82. The number of rotatable bonds is 10. The first-order chi connectivity index (χ1) is 15.5. The van der Waals surface area contributed by atoms with Crippen LogP contribution in [0.2, 0.25) is 0 Å². The molecule has 0 radical (unpaired) electrons. The van der Waals surface area contributed by atoms with Crippen LogP contribution in [0.3, 0.4) is 0 Å². The summed E-state index contributed by atoms with van der Waals surface area (Å²) in [7, 11) is 0. The molecule has 4 N–H and O–H groups in total. The average molecular weight is 481 g/mol. The van der Waals surface area contributed by atoms with Gasteiger partial charge in [-0.25, -0.2) is 0 Å². The van der Waals surface area contributed by atoms with Gasteiger partial charge in [0.1, 0.15) is 0 Å². The van der Waals surface area contributed by atoms with E-state index >= 15 is 0 Å². The minimum absolute atomic E-state index is 0.259. The maximum absolute atomic E-state index is 9.84. The summed E-state index contributed by atoms with van der Waals surface area (Å²) in [5, 5.41) is 25.2. The monoisotopic (exact) mass is 480 g/mol. The van der Waals surface area contributed by atoms with Gasteiger partial charge in [0.2, 0.25) is 0 Å². The van der Waals surface area contributed by atoms with Gasteiger partial charge in [-0.15, -0.1) is 0 Å². The van der Waals surface area contributed by atoms with E-state index in [1.54, 1.807) is 25.5 Å². The van der Waals surface area contributed by atoms with Gasteiger partial charge in [-0.2, -0.15) is 0 Å². The normalized spacial score (nSPS) is 16.3. The molecule has 0 bridgehead atoms. The van der Waals surface area contributed by atoms with Crippen molar-refractivity contribution in [1.29, 1.82) is 0 Å². The Morgan fingerprint density at radius 3 is 2.41 bits per heavy atom. The Kier molecular flexibility index (Phi) is 9.44. The first kappa shape index (κ1) is 24.1. The summed E-state index contributed by atoms with van der Waals surface area (Å²) >= 11 is 5.09. The molecule has 7 nitrogen and oxygen atoms in total. The van der Waals surface area contributed by atoms with Crippen LogP contribution >= 0.6 is 0 Å². The molecule has 0 spiro atoms. The molecule has 0 amide bonds. The molecule has 8 heteroatoms. The van der Waals surface area contributed by atoms with Crippen molar-refractivity contribution in [1.82, 2.24) is 0 Å². The first-order valence-corrected chi connectivity index (χ1v) is 11.1. The van der Waals surface area contributed by atoms with Crippen molar-refractivity contribution in [2.45, 2.75) is 25.7 Å². The molecule has 2 atom stereocenters. The predicted octanol–water partition coefficient (Wildman–Crippen LogP) is 2.75. The Hall–Kier alpha value is -2.51. The van der Waals surface area contributed by atoms with Crippen molar-refractivity contribution in [3.05, 3.63) is 66.4 Å². The third-order valence-electron chi connectivity index (χ3n) is 4.89. The van der Waals surface area contributed by atoms with Crippen molar-refractivity contribution >= 4 is 27.9 Å². The van der Waals surface area contributed by atoms with E-state index in [-0.39, 0.29) is 6.42 Å². The van der Waals surface area contributed by atoms with E-state index < -0.39 is 12.3 Å². The van der Waals surface area contributed by atoms with E-state index in [2.05, 4.69) is 32.7 Å². The molecule has 0 aliphatic carbocycles. The number of aliphatic hydroxyl groups is 2. The summed E-state index contributed by atoms with van der Waals surface area (Å²) in [6, 6.07) is 15.7. The van der Waals surface area contributed by atoms with Crippen LogP contribution < -0.4 is 15.5 Å². The number of allylic oxidation sites excluding steroid dienone is 1. The summed E-state index contributed by atoms with van der Waals surface area (Å²) < 4.78 is 6.09. The topological polar surface area (TPSA) is 89.3 Å². The Morgan fingerprint density at radius 2 is 1.75 bits per heavy atom. The van der Waals surface area contributed by atoms with Gasteiger partial charge >= 0.3 is 179 Å². The molecule has 0 aromatic heterocycles. The number of morpholine rings is 1. The SMILES string of the molecule is C[C@@H](O)CC(O)Nc1ccc([C](=[Ni])/C=C\N=CNc2ccc(N3CCOCC3)cc2)cc1. The molecule has 174 valence electrons. The number of ether oxygens (including phenoxy) is 1. The predicted molar refractivity (Wildman–Crippen MR) is 127 cm³/mol. The number of hydrogen-bond acceptors (Lipinski definition) is 6. The second-order valence-electron chi connectivity index (χ2n) is 7.52. The van der Waals surface area contributed by atoms with Gasteiger partial charge in [0, 0.05) is 0 Å². The Balaban J connectivity index is 1.44. The van der Waals surface area contributed by atoms with Crippen molar-refractivity contribution in [3.63, 3.8) is 0 Å². The molecule has 1 unspecified atom stereocenters. The summed E-state index contributed by atoms with van der Waals surface area (Å²) in [5.74, 6) is 0. The van der Waals surface area contributed by atoms with Crippen LogP contribution in [0.15, 0.2) is 65.8 Å². The third-order valence-corrected chi connectivity index (χ3v) is 5.34. The minimum atomic E-state index is -0.798. The molecule has 1 heterocycles. The van der Waals surface area contributed by atoms with E-state index in [1.807, 2.05) is 36.4 Å². The fourth-order valence-electron chi connectivity index (χ4n) is 3.23. The van der Waals surface area contributed by atoms with Crippen LogP contribution in [-0.4, -0.2) is 59.7 Å². The van der Waals surface area contributed by atoms with Crippen LogP contribution in [0, 0.1) is 0 Å². The van der Waals surface area contributed by atoms with Gasteiger partial charge in [-0.05, 0) is 0 Å². The Bertz CT molecular complexity index is 908. The van der Waals surface area contributed by atoms with E-state index in [0.717, 1.165) is 43.2 Å². The Morgan fingerprint density at radius 1 is 1.09 bits per heavy atom.